The maximum atomic E-state index is 13.6. The Morgan fingerprint density at radius 3 is 2.35 bits per heavy atom. The average Bonchev–Trinajstić information content (AvgIpc) is 2.89. The van der Waals surface area contributed by atoms with Crippen molar-refractivity contribution in [2.45, 2.75) is 38.1 Å². The number of halogens is 1. The second-order valence-corrected chi connectivity index (χ2v) is 11.5. The van der Waals surface area contributed by atoms with Gasteiger partial charge in [0.25, 0.3) is 15.9 Å². The van der Waals surface area contributed by atoms with Gasteiger partial charge in [-0.05, 0) is 49.2 Å². The molecule has 0 aromatic heterocycles. The number of nitrogens with one attached hydrogen (secondary N) is 1. The van der Waals surface area contributed by atoms with Crippen LogP contribution in [0.25, 0.3) is 0 Å². The summed E-state index contributed by atoms with van der Waals surface area (Å²) in [5, 5.41) is 4.70. The fraction of sp³-hybridized carbons (Fsp3) is 0.286. The molecule has 7 nitrogen and oxygen atoms in total. The molecule has 3 aromatic carbocycles. The standard InChI is InChI=1S/C28H31ClN4O3S/c1-21-8-12-26(13-9-21)37(35,36)33(27-18-24(29)11-10-22(27)2)20-28(34)31-30-25-14-16-32(17-15-25)19-23-6-4-3-5-7-23/h3-13,18H,14-17,19-20H2,1-2H3,(H,31,34). The molecule has 1 N–H and O–H groups in total. The third-order valence-corrected chi connectivity index (χ3v) is 8.37. The lowest BCUT2D eigenvalue weighted by atomic mass is 10.1. The van der Waals surface area contributed by atoms with E-state index in [0.29, 0.717) is 16.3 Å². The van der Waals surface area contributed by atoms with Crippen LogP contribution in [-0.2, 0) is 21.4 Å². The molecule has 0 atom stereocenters. The van der Waals surface area contributed by atoms with E-state index >= 15 is 0 Å². The van der Waals surface area contributed by atoms with Crippen LogP contribution in [0.4, 0.5) is 5.69 Å². The first-order valence-electron chi connectivity index (χ1n) is 12.2. The monoisotopic (exact) mass is 538 g/mol. The Morgan fingerprint density at radius 2 is 1.68 bits per heavy atom. The summed E-state index contributed by atoms with van der Waals surface area (Å²) in [5.74, 6) is -0.519. The minimum Gasteiger partial charge on any atom is -0.298 e. The molecule has 1 heterocycles. The Kier molecular flexibility index (Phi) is 8.63. The van der Waals surface area contributed by atoms with Crippen molar-refractivity contribution in [1.29, 1.82) is 0 Å². The van der Waals surface area contributed by atoms with E-state index in [4.69, 9.17) is 11.6 Å². The first-order valence-corrected chi connectivity index (χ1v) is 14.0. The zero-order valence-corrected chi connectivity index (χ0v) is 22.6. The number of amides is 1. The molecule has 0 aliphatic carbocycles. The quantitative estimate of drug-likeness (QED) is 0.413. The van der Waals surface area contributed by atoms with E-state index in [1.165, 1.54) is 5.56 Å². The van der Waals surface area contributed by atoms with Gasteiger partial charge in [0.15, 0.2) is 0 Å². The van der Waals surface area contributed by atoms with Gasteiger partial charge < -0.3 is 0 Å². The van der Waals surface area contributed by atoms with Gasteiger partial charge in [0.05, 0.1) is 10.6 Å². The van der Waals surface area contributed by atoms with Gasteiger partial charge in [-0.2, -0.15) is 5.10 Å². The lowest BCUT2D eigenvalue weighted by Gasteiger charge is -2.28. The maximum Gasteiger partial charge on any atom is 0.264 e. The summed E-state index contributed by atoms with van der Waals surface area (Å²) in [6.45, 7) is 5.82. The van der Waals surface area contributed by atoms with Crippen molar-refractivity contribution in [3.8, 4) is 0 Å². The molecule has 1 fully saturated rings. The average molecular weight is 539 g/mol. The van der Waals surface area contributed by atoms with E-state index in [1.807, 2.05) is 25.1 Å². The molecule has 0 saturated carbocycles. The van der Waals surface area contributed by atoms with Crippen LogP contribution in [0.3, 0.4) is 0 Å². The van der Waals surface area contributed by atoms with Gasteiger partial charge in [0.2, 0.25) is 0 Å². The molecule has 9 heteroatoms. The summed E-state index contributed by atoms with van der Waals surface area (Å²) in [6, 6.07) is 21.8. The molecule has 4 rings (SSSR count). The first-order chi connectivity index (χ1) is 17.7. The van der Waals surface area contributed by atoms with E-state index < -0.39 is 22.5 Å². The zero-order chi connectivity index (χ0) is 26.4. The van der Waals surface area contributed by atoms with Crippen LogP contribution in [-0.4, -0.2) is 44.6 Å². The van der Waals surface area contributed by atoms with Crippen LogP contribution < -0.4 is 9.73 Å². The third-order valence-electron chi connectivity index (χ3n) is 6.36. The number of aryl methyl sites for hydroxylation is 2. The predicted octanol–water partition coefficient (Wildman–Crippen LogP) is 4.92. The van der Waals surface area contributed by atoms with Crippen LogP contribution in [0.1, 0.15) is 29.5 Å². The SMILES string of the molecule is Cc1ccc(S(=O)(=O)N(CC(=O)NN=C2CCN(Cc3ccccc3)CC2)c2cc(Cl)ccc2C)cc1. The fourth-order valence-corrected chi connectivity index (χ4v) is 5.86. The summed E-state index contributed by atoms with van der Waals surface area (Å²) in [6.07, 6.45) is 1.48. The van der Waals surface area contributed by atoms with Crippen molar-refractivity contribution in [3.05, 3.63) is 94.5 Å². The fourth-order valence-electron chi connectivity index (χ4n) is 4.22. The summed E-state index contributed by atoms with van der Waals surface area (Å²) in [4.78, 5) is 15.4. The highest BCUT2D eigenvalue weighted by Gasteiger charge is 2.28. The summed E-state index contributed by atoms with van der Waals surface area (Å²) in [7, 11) is -4.03. The minimum atomic E-state index is -4.03. The molecule has 0 bridgehead atoms. The highest BCUT2D eigenvalue weighted by Crippen LogP contribution is 2.29. The van der Waals surface area contributed by atoms with Crippen LogP contribution in [0.15, 0.2) is 82.8 Å². The number of piperidine rings is 1. The van der Waals surface area contributed by atoms with Gasteiger partial charge in [-0.15, -0.1) is 0 Å². The largest absolute Gasteiger partial charge is 0.298 e. The van der Waals surface area contributed by atoms with E-state index in [2.05, 4.69) is 27.6 Å². The van der Waals surface area contributed by atoms with Crippen LogP contribution >= 0.6 is 11.6 Å². The van der Waals surface area contributed by atoms with E-state index in [1.54, 1.807) is 49.4 Å². The molecule has 1 aliphatic heterocycles. The normalized spacial score (nSPS) is 14.3. The lowest BCUT2D eigenvalue weighted by molar-refractivity contribution is -0.119. The minimum absolute atomic E-state index is 0.0994. The number of rotatable bonds is 8. The molecular formula is C28H31ClN4O3S. The molecule has 0 unspecified atom stereocenters. The van der Waals surface area contributed by atoms with Gasteiger partial charge in [-0.1, -0.05) is 65.7 Å². The number of sulfonamides is 1. The number of hydrazone groups is 1. The van der Waals surface area contributed by atoms with Crippen molar-refractivity contribution in [2.24, 2.45) is 5.10 Å². The number of hydrogen-bond donors (Lipinski definition) is 1. The van der Waals surface area contributed by atoms with Crippen molar-refractivity contribution < 1.29 is 13.2 Å². The molecule has 37 heavy (non-hydrogen) atoms. The molecule has 1 saturated heterocycles. The summed E-state index contributed by atoms with van der Waals surface area (Å²) < 4.78 is 28.3. The first kappa shape index (κ1) is 26.9. The number of likely N-dealkylation sites (tertiary alicyclic amines) is 1. The van der Waals surface area contributed by atoms with Gasteiger partial charge >= 0.3 is 0 Å². The number of hydrogen-bond acceptors (Lipinski definition) is 5. The third kappa shape index (κ3) is 6.97. The number of carbonyl (C=O) groups excluding carboxylic acids is 1. The van der Waals surface area contributed by atoms with Crippen molar-refractivity contribution >= 4 is 38.9 Å². The number of nitrogens with zero attached hydrogens (tertiary/aromatic N) is 3. The Morgan fingerprint density at radius 1 is 1.00 bits per heavy atom. The molecule has 0 radical (unpaired) electrons. The Hall–Kier alpha value is -3.20. The molecular weight excluding hydrogens is 508 g/mol. The van der Waals surface area contributed by atoms with Gasteiger partial charge in [-0.3, -0.25) is 14.0 Å². The van der Waals surface area contributed by atoms with E-state index in [0.717, 1.165) is 48.1 Å². The van der Waals surface area contributed by atoms with Crippen molar-refractivity contribution in [1.82, 2.24) is 10.3 Å². The van der Waals surface area contributed by atoms with Gasteiger partial charge in [0, 0.05) is 43.2 Å². The maximum absolute atomic E-state index is 13.6. The Labute approximate surface area is 223 Å². The summed E-state index contributed by atoms with van der Waals surface area (Å²) >= 11 is 6.19. The second-order valence-electron chi connectivity index (χ2n) is 9.23. The Bertz CT molecular complexity index is 1370. The second kappa shape index (κ2) is 11.9. The number of anilines is 1. The molecule has 3 aromatic rings. The highest BCUT2D eigenvalue weighted by atomic mass is 35.5. The lowest BCUT2D eigenvalue weighted by Crippen LogP contribution is -2.40. The van der Waals surface area contributed by atoms with Crippen molar-refractivity contribution in [3.63, 3.8) is 0 Å². The van der Waals surface area contributed by atoms with E-state index in [9.17, 15) is 13.2 Å². The molecule has 0 spiro atoms. The summed E-state index contributed by atoms with van der Waals surface area (Å²) in [5.41, 5.74) is 6.71. The zero-order valence-electron chi connectivity index (χ0n) is 21.0. The number of carbonyl (C=O) groups is 1. The topological polar surface area (TPSA) is 82.1 Å². The number of benzene rings is 3. The molecule has 194 valence electrons. The van der Waals surface area contributed by atoms with Crippen LogP contribution in [0.5, 0.6) is 0 Å². The van der Waals surface area contributed by atoms with Crippen molar-refractivity contribution in [2.75, 3.05) is 23.9 Å². The predicted molar refractivity (Wildman–Crippen MR) is 148 cm³/mol. The van der Waals surface area contributed by atoms with Gasteiger partial charge in [-0.25, -0.2) is 13.8 Å². The van der Waals surface area contributed by atoms with Gasteiger partial charge in [0.1, 0.15) is 6.54 Å². The van der Waals surface area contributed by atoms with E-state index in [-0.39, 0.29) is 4.90 Å². The van der Waals surface area contributed by atoms with Crippen LogP contribution in [0.2, 0.25) is 5.02 Å². The van der Waals surface area contributed by atoms with Crippen LogP contribution in [0, 0.1) is 13.8 Å². The smallest absolute Gasteiger partial charge is 0.264 e. The highest BCUT2D eigenvalue weighted by molar-refractivity contribution is 7.92. The molecule has 1 amide bonds. The Balaban J connectivity index is 1.45. The molecule has 1 aliphatic rings.